The van der Waals surface area contributed by atoms with E-state index in [0.717, 1.165) is 24.3 Å². The smallest absolute Gasteiger partial charge is 0.120 e. The van der Waals surface area contributed by atoms with E-state index in [1.807, 2.05) is 35.3 Å². The van der Waals surface area contributed by atoms with Gasteiger partial charge in [-0.2, -0.15) is 5.10 Å². The van der Waals surface area contributed by atoms with Crippen molar-refractivity contribution >= 4 is 11.6 Å². The molecule has 0 saturated carbocycles. The molecule has 0 spiro atoms. The molecule has 0 saturated heterocycles. The van der Waals surface area contributed by atoms with Crippen molar-refractivity contribution in [2.75, 3.05) is 6.61 Å². The van der Waals surface area contributed by atoms with Crippen molar-refractivity contribution in [2.45, 2.75) is 25.9 Å². The fraction of sp³-hybridized carbons (Fsp3) is 0.357. The number of nitrogens with one attached hydrogen (secondary N) is 1. The first-order chi connectivity index (χ1) is 9.71. The molecule has 1 aromatic carbocycles. The summed E-state index contributed by atoms with van der Waals surface area (Å²) in [4.78, 5) is 0. The van der Waals surface area contributed by atoms with Crippen LogP contribution in [0.5, 0.6) is 5.75 Å². The second-order valence-electron chi connectivity index (χ2n) is 4.54. The summed E-state index contributed by atoms with van der Waals surface area (Å²) in [5.74, 6) is 6.31. The zero-order valence-corrected chi connectivity index (χ0v) is 12.2. The van der Waals surface area contributed by atoms with Gasteiger partial charge in [0.05, 0.1) is 12.2 Å². The van der Waals surface area contributed by atoms with Gasteiger partial charge < -0.3 is 4.74 Å². The van der Waals surface area contributed by atoms with Gasteiger partial charge in [-0.25, -0.2) is 0 Å². The fourth-order valence-corrected chi connectivity index (χ4v) is 2.07. The number of nitrogens with zero attached hydrogens (tertiary/aromatic N) is 2. The van der Waals surface area contributed by atoms with Crippen LogP contribution < -0.4 is 16.0 Å². The number of aromatic nitrogens is 2. The zero-order valence-electron chi connectivity index (χ0n) is 11.4. The van der Waals surface area contributed by atoms with E-state index in [-0.39, 0.29) is 6.04 Å². The lowest BCUT2D eigenvalue weighted by Crippen LogP contribution is -2.41. The van der Waals surface area contributed by atoms with Crippen LogP contribution in [0.2, 0.25) is 5.02 Å². The van der Waals surface area contributed by atoms with E-state index in [1.165, 1.54) is 0 Å². The Morgan fingerprint density at radius 1 is 1.50 bits per heavy atom. The number of nitrogens with two attached hydrogens (primary N) is 1. The first-order valence-corrected chi connectivity index (χ1v) is 6.95. The number of ether oxygens (including phenoxy) is 1. The normalized spacial score (nSPS) is 12.3. The first-order valence-electron chi connectivity index (χ1n) is 6.57. The minimum atomic E-state index is 0.0171. The summed E-state index contributed by atoms with van der Waals surface area (Å²) in [6.45, 7) is 3.38. The predicted molar refractivity (Wildman–Crippen MR) is 79.7 cm³/mol. The van der Waals surface area contributed by atoms with Gasteiger partial charge in [0.1, 0.15) is 12.4 Å². The molecular formula is C14H19ClN4O. The molecule has 108 valence electrons. The number of halogens is 1. The van der Waals surface area contributed by atoms with Crippen molar-refractivity contribution in [1.29, 1.82) is 0 Å². The van der Waals surface area contributed by atoms with Crippen LogP contribution in [0.25, 0.3) is 0 Å². The number of hydrazine groups is 1. The van der Waals surface area contributed by atoms with Gasteiger partial charge in [0, 0.05) is 17.8 Å². The molecule has 0 radical (unpaired) electrons. The molecular weight excluding hydrogens is 276 g/mol. The minimum absolute atomic E-state index is 0.0171. The molecule has 1 unspecified atom stereocenters. The van der Waals surface area contributed by atoms with E-state index in [9.17, 15) is 0 Å². The summed E-state index contributed by atoms with van der Waals surface area (Å²) < 4.78 is 7.58. The Bertz CT molecular complexity index is 543. The monoisotopic (exact) mass is 294 g/mol. The standard InChI is InChI=1S/C14H19ClN4O/c1-2-19-9-11(8-17-19)6-13(18-16)10-20-14-5-3-4-12(15)7-14/h3-5,7-9,13,18H,2,6,10,16H2,1H3. The molecule has 0 fully saturated rings. The Balaban J connectivity index is 1.89. The largest absolute Gasteiger partial charge is 0.492 e. The Kier molecular flexibility index (Phi) is 5.40. The lowest BCUT2D eigenvalue weighted by Gasteiger charge is -2.16. The third-order valence-electron chi connectivity index (χ3n) is 2.98. The molecule has 2 aromatic rings. The molecule has 0 aliphatic heterocycles. The molecule has 20 heavy (non-hydrogen) atoms. The molecule has 0 amide bonds. The molecule has 1 atom stereocenters. The number of hydrogen-bond donors (Lipinski definition) is 2. The summed E-state index contributed by atoms with van der Waals surface area (Å²) in [6, 6.07) is 7.34. The summed E-state index contributed by atoms with van der Waals surface area (Å²) in [6.07, 6.45) is 4.63. The van der Waals surface area contributed by atoms with Gasteiger partial charge in [-0.1, -0.05) is 17.7 Å². The van der Waals surface area contributed by atoms with Crippen LogP contribution in [0.3, 0.4) is 0 Å². The molecule has 3 N–H and O–H groups in total. The summed E-state index contributed by atoms with van der Waals surface area (Å²) in [7, 11) is 0. The number of hydrogen-bond acceptors (Lipinski definition) is 4. The van der Waals surface area contributed by atoms with Crippen molar-refractivity contribution in [2.24, 2.45) is 5.84 Å². The number of rotatable bonds is 7. The maximum absolute atomic E-state index is 5.91. The Morgan fingerprint density at radius 2 is 2.35 bits per heavy atom. The van der Waals surface area contributed by atoms with Crippen LogP contribution in [0, 0.1) is 0 Å². The quantitative estimate of drug-likeness (QED) is 0.606. The van der Waals surface area contributed by atoms with Gasteiger partial charge in [0.25, 0.3) is 0 Å². The van der Waals surface area contributed by atoms with Crippen molar-refractivity contribution < 1.29 is 4.74 Å². The fourth-order valence-electron chi connectivity index (χ4n) is 1.89. The predicted octanol–water partition coefficient (Wildman–Crippen LogP) is 2.01. The summed E-state index contributed by atoms with van der Waals surface area (Å²) in [5, 5.41) is 4.90. The first kappa shape index (κ1) is 14.8. The van der Waals surface area contributed by atoms with Gasteiger partial charge in [-0.15, -0.1) is 0 Å². The summed E-state index contributed by atoms with van der Waals surface area (Å²) >= 11 is 5.91. The SMILES string of the molecule is CCn1cc(CC(COc2cccc(Cl)c2)NN)cn1. The van der Waals surface area contributed by atoms with Gasteiger partial charge in [0.2, 0.25) is 0 Å². The highest BCUT2D eigenvalue weighted by molar-refractivity contribution is 6.30. The van der Waals surface area contributed by atoms with E-state index >= 15 is 0 Å². The lowest BCUT2D eigenvalue weighted by molar-refractivity contribution is 0.264. The Hall–Kier alpha value is -1.56. The second-order valence-corrected chi connectivity index (χ2v) is 4.98. The molecule has 0 bridgehead atoms. The Labute approximate surface area is 123 Å². The average molecular weight is 295 g/mol. The number of benzene rings is 1. The molecule has 1 aromatic heterocycles. The topological polar surface area (TPSA) is 65.1 Å². The Morgan fingerprint density at radius 3 is 3.00 bits per heavy atom. The van der Waals surface area contributed by atoms with E-state index in [1.54, 1.807) is 6.07 Å². The molecule has 5 nitrogen and oxygen atoms in total. The van der Waals surface area contributed by atoms with Gasteiger partial charge in [0.15, 0.2) is 0 Å². The summed E-state index contributed by atoms with van der Waals surface area (Å²) in [5.41, 5.74) is 3.90. The van der Waals surface area contributed by atoms with Crippen LogP contribution >= 0.6 is 11.6 Å². The highest BCUT2D eigenvalue weighted by Gasteiger charge is 2.10. The van der Waals surface area contributed by atoms with E-state index in [2.05, 4.69) is 17.4 Å². The van der Waals surface area contributed by atoms with E-state index in [0.29, 0.717) is 11.6 Å². The molecule has 2 rings (SSSR count). The second kappa shape index (κ2) is 7.28. The van der Waals surface area contributed by atoms with Crippen molar-refractivity contribution in [3.8, 4) is 5.75 Å². The highest BCUT2D eigenvalue weighted by atomic mass is 35.5. The van der Waals surface area contributed by atoms with Crippen LogP contribution in [-0.4, -0.2) is 22.4 Å². The minimum Gasteiger partial charge on any atom is -0.492 e. The van der Waals surface area contributed by atoms with Crippen LogP contribution in [-0.2, 0) is 13.0 Å². The van der Waals surface area contributed by atoms with Crippen molar-refractivity contribution in [3.63, 3.8) is 0 Å². The van der Waals surface area contributed by atoms with E-state index in [4.69, 9.17) is 22.2 Å². The van der Waals surface area contributed by atoms with E-state index < -0.39 is 0 Å². The maximum Gasteiger partial charge on any atom is 0.120 e. The van der Waals surface area contributed by atoms with Crippen LogP contribution in [0.15, 0.2) is 36.7 Å². The number of aryl methyl sites for hydroxylation is 1. The van der Waals surface area contributed by atoms with Crippen LogP contribution in [0.4, 0.5) is 0 Å². The van der Waals surface area contributed by atoms with Crippen molar-refractivity contribution in [3.05, 3.63) is 47.2 Å². The average Bonchev–Trinajstić information content (AvgIpc) is 2.91. The lowest BCUT2D eigenvalue weighted by atomic mass is 10.1. The zero-order chi connectivity index (χ0) is 14.4. The van der Waals surface area contributed by atoms with Gasteiger partial charge in [-0.3, -0.25) is 16.0 Å². The maximum atomic E-state index is 5.91. The van der Waals surface area contributed by atoms with Gasteiger partial charge in [-0.05, 0) is 37.1 Å². The molecule has 6 heteroatoms. The third-order valence-corrected chi connectivity index (χ3v) is 3.21. The third kappa shape index (κ3) is 4.23. The molecule has 0 aliphatic carbocycles. The molecule has 1 heterocycles. The van der Waals surface area contributed by atoms with Gasteiger partial charge >= 0.3 is 0 Å². The van der Waals surface area contributed by atoms with Crippen LogP contribution in [0.1, 0.15) is 12.5 Å². The van der Waals surface area contributed by atoms with Crippen molar-refractivity contribution in [1.82, 2.24) is 15.2 Å². The highest BCUT2D eigenvalue weighted by Crippen LogP contribution is 2.17. The molecule has 0 aliphatic rings.